The van der Waals surface area contributed by atoms with Gasteiger partial charge in [-0.2, -0.15) is 0 Å². The van der Waals surface area contributed by atoms with E-state index >= 15 is 0 Å². The summed E-state index contributed by atoms with van der Waals surface area (Å²) in [4.78, 5) is 14.3. The third kappa shape index (κ3) is 5.61. The van der Waals surface area contributed by atoms with Gasteiger partial charge in [-0.3, -0.25) is 4.79 Å². The summed E-state index contributed by atoms with van der Waals surface area (Å²) >= 11 is 0. The van der Waals surface area contributed by atoms with Gasteiger partial charge in [0.05, 0.1) is 12.5 Å². The molecule has 0 unspecified atom stereocenters. The molecule has 0 heterocycles. The zero-order chi connectivity index (χ0) is 12.6. The summed E-state index contributed by atoms with van der Waals surface area (Å²) in [6, 6.07) is 0. The molecule has 5 nitrogen and oxygen atoms in total. The average molecular weight is 227 g/mol. The minimum Gasteiger partial charge on any atom is -0.466 e. The topological polar surface area (TPSA) is 75.1 Å². The molecular weight excluding hydrogens is 206 g/mol. The number of carbonyl (C=O) groups excluding carboxylic acids is 1. The van der Waals surface area contributed by atoms with E-state index in [2.05, 4.69) is 23.9 Å². The number of esters is 1. The van der Waals surface area contributed by atoms with E-state index in [9.17, 15) is 4.79 Å². The fourth-order valence-electron chi connectivity index (χ4n) is 1.65. The Bertz CT molecular complexity index is 260. The van der Waals surface area contributed by atoms with Crippen molar-refractivity contribution in [2.24, 2.45) is 22.9 Å². The van der Waals surface area contributed by atoms with E-state index in [0.29, 0.717) is 19.1 Å². The summed E-state index contributed by atoms with van der Waals surface area (Å²) in [7, 11) is 0. The van der Waals surface area contributed by atoms with Crippen molar-refractivity contribution < 1.29 is 9.53 Å². The Morgan fingerprint density at radius 3 is 2.50 bits per heavy atom. The van der Waals surface area contributed by atoms with E-state index in [1.54, 1.807) is 6.92 Å². The normalized spacial score (nSPS) is 14.1. The smallest absolute Gasteiger partial charge is 0.308 e. The number of azide groups is 1. The van der Waals surface area contributed by atoms with Crippen LogP contribution in [-0.4, -0.2) is 19.1 Å². The Hall–Kier alpha value is -1.22. The molecule has 0 N–H and O–H groups in total. The Morgan fingerprint density at radius 1 is 1.44 bits per heavy atom. The van der Waals surface area contributed by atoms with E-state index in [4.69, 9.17) is 10.3 Å². The predicted molar refractivity (Wildman–Crippen MR) is 62.8 cm³/mol. The lowest BCUT2D eigenvalue weighted by Crippen LogP contribution is -2.26. The number of hydrogen-bond donors (Lipinski definition) is 0. The molecule has 0 aromatic heterocycles. The van der Waals surface area contributed by atoms with Gasteiger partial charge in [0, 0.05) is 11.5 Å². The van der Waals surface area contributed by atoms with Crippen LogP contribution in [0, 0.1) is 17.8 Å². The molecule has 2 atom stereocenters. The number of nitrogens with zero attached hydrogens (tertiary/aromatic N) is 3. The molecule has 0 aliphatic rings. The van der Waals surface area contributed by atoms with Gasteiger partial charge in [-0.15, -0.1) is 0 Å². The van der Waals surface area contributed by atoms with Gasteiger partial charge in [0.25, 0.3) is 0 Å². The van der Waals surface area contributed by atoms with E-state index in [0.717, 1.165) is 6.42 Å². The van der Waals surface area contributed by atoms with Gasteiger partial charge >= 0.3 is 5.97 Å². The Morgan fingerprint density at radius 2 is 2.06 bits per heavy atom. The first kappa shape index (κ1) is 14.8. The Kier molecular flexibility index (Phi) is 7.38. The highest BCUT2D eigenvalue weighted by Gasteiger charge is 2.25. The molecule has 0 aromatic rings. The molecule has 0 amide bonds. The average Bonchev–Trinajstić information content (AvgIpc) is 2.23. The third-order valence-corrected chi connectivity index (χ3v) is 2.52. The maximum Gasteiger partial charge on any atom is 0.308 e. The Labute approximate surface area is 96.8 Å². The summed E-state index contributed by atoms with van der Waals surface area (Å²) < 4.78 is 4.97. The lowest BCUT2D eigenvalue weighted by Gasteiger charge is -2.22. The summed E-state index contributed by atoms with van der Waals surface area (Å²) in [5, 5.41) is 3.56. The highest BCUT2D eigenvalue weighted by molar-refractivity contribution is 5.72. The molecule has 0 saturated heterocycles. The van der Waals surface area contributed by atoms with Crippen LogP contribution in [0.4, 0.5) is 0 Å². The van der Waals surface area contributed by atoms with E-state index < -0.39 is 0 Å². The summed E-state index contributed by atoms with van der Waals surface area (Å²) in [5.41, 5.74) is 8.32. The second kappa shape index (κ2) is 7.99. The van der Waals surface area contributed by atoms with Crippen LogP contribution in [-0.2, 0) is 9.53 Å². The molecule has 0 spiro atoms. The highest BCUT2D eigenvalue weighted by Crippen LogP contribution is 2.22. The number of hydrogen-bond acceptors (Lipinski definition) is 3. The summed E-state index contributed by atoms with van der Waals surface area (Å²) in [5.74, 6) is 0.111. The summed E-state index contributed by atoms with van der Waals surface area (Å²) in [6.07, 6.45) is 0.860. The van der Waals surface area contributed by atoms with E-state index in [-0.39, 0.29) is 17.8 Å². The maximum absolute atomic E-state index is 11.6. The fourth-order valence-corrected chi connectivity index (χ4v) is 1.65. The molecular formula is C11H21N3O2. The first-order valence-corrected chi connectivity index (χ1v) is 5.70. The van der Waals surface area contributed by atoms with Gasteiger partial charge in [0.15, 0.2) is 0 Å². The molecule has 0 fully saturated rings. The van der Waals surface area contributed by atoms with Gasteiger partial charge in [0.2, 0.25) is 0 Å². The standard InChI is InChI=1S/C11H21N3O2/c1-5-16-11(15)9(4)10(6-8(2)3)7-13-14-12/h8-10H,5-7H2,1-4H3/t9-,10+/m0/s1. The van der Waals surface area contributed by atoms with Crippen molar-refractivity contribution in [1.29, 1.82) is 0 Å². The molecule has 0 aliphatic heterocycles. The van der Waals surface area contributed by atoms with Crippen molar-refractivity contribution in [3.8, 4) is 0 Å². The van der Waals surface area contributed by atoms with Crippen LogP contribution in [0.5, 0.6) is 0 Å². The second-order valence-electron chi connectivity index (χ2n) is 4.34. The zero-order valence-corrected chi connectivity index (χ0v) is 10.5. The molecule has 16 heavy (non-hydrogen) atoms. The third-order valence-electron chi connectivity index (χ3n) is 2.52. The molecule has 92 valence electrons. The SMILES string of the molecule is CCOC(=O)[C@@H](C)[C@@H](CN=[N+]=[N-])CC(C)C. The molecule has 0 aromatic carbocycles. The van der Waals surface area contributed by atoms with E-state index in [1.807, 2.05) is 6.92 Å². The molecule has 5 heteroatoms. The molecule has 0 rings (SSSR count). The second-order valence-corrected chi connectivity index (χ2v) is 4.34. The van der Waals surface area contributed by atoms with Crippen molar-refractivity contribution in [2.75, 3.05) is 13.2 Å². The van der Waals surface area contributed by atoms with Gasteiger partial charge < -0.3 is 4.74 Å². The van der Waals surface area contributed by atoms with Crippen LogP contribution in [0.2, 0.25) is 0 Å². The van der Waals surface area contributed by atoms with Crippen LogP contribution >= 0.6 is 0 Å². The lowest BCUT2D eigenvalue weighted by atomic mass is 9.86. The van der Waals surface area contributed by atoms with E-state index in [1.165, 1.54) is 0 Å². The monoisotopic (exact) mass is 227 g/mol. The maximum atomic E-state index is 11.6. The quantitative estimate of drug-likeness (QED) is 0.290. The van der Waals surface area contributed by atoms with Crippen LogP contribution in [0.25, 0.3) is 10.4 Å². The summed E-state index contributed by atoms with van der Waals surface area (Å²) in [6.45, 7) is 8.53. The first-order valence-electron chi connectivity index (χ1n) is 5.70. The van der Waals surface area contributed by atoms with Crippen LogP contribution in [0.3, 0.4) is 0 Å². The number of rotatable bonds is 7. The van der Waals surface area contributed by atoms with Gasteiger partial charge in [-0.25, -0.2) is 0 Å². The number of ether oxygens (including phenoxy) is 1. The molecule has 0 aliphatic carbocycles. The molecule has 0 bridgehead atoms. The van der Waals surface area contributed by atoms with Crippen molar-refractivity contribution in [3.05, 3.63) is 10.4 Å². The van der Waals surface area contributed by atoms with Gasteiger partial charge in [-0.05, 0) is 30.7 Å². The van der Waals surface area contributed by atoms with Gasteiger partial charge in [-0.1, -0.05) is 25.9 Å². The highest BCUT2D eigenvalue weighted by atomic mass is 16.5. The van der Waals surface area contributed by atoms with Crippen LogP contribution in [0.1, 0.15) is 34.1 Å². The molecule has 0 radical (unpaired) electrons. The minimum absolute atomic E-state index is 0.0648. The predicted octanol–water partition coefficient (Wildman–Crippen LogP) is 3.16. The van der Waals surface area contributed by atoms with Crippen molar-refractivity contribution in [2.45, 2.75) is 34.1 Å². The van der Waals surface area contributed by atoms with Crippen LogP contribution in [0.15, 0.2) is 5.11 Å². The van der Waals surface area contributed by atoms with Crippen molar-refractivity contribution >= 4 is 5.97 Å². The first-order chi connectivity index (χ1) is 7.52. The van der Waals surface area contributed by atoms with Crippen molar-refractivity contribution in [3.63, 3.8) is 0 Å². The van der Waals surface area contributed by atoms with Gasteiger partial charge in [0.1, 0.15) is 0 Å². The lowest BCUT2D eigenvalue weighted by molar-refractivity contribution is -0.149. The minimum atomic E-state index is -0.215. The fraction of sp³-hybridized carbons (Fsp3) is 0.909. The zero-order valence-electron chi connectivity index (χ0n) is 10.5. The largest absolute Gasteiger partial charge is 0.466 e. The van der Waals surface area contributed by atoms with Crippen LogP contribution < -0.4 is 0 Å². The Balaban J connectivity index is 4.46. The number of carbonyl (C=O) groups is 1. The molecule has 0 saturated carbocycles. The van der Waals surface area contributed by atoms with Crippen molar-refractivity contribution in [1.82, 2.24) is 0 Å².